The van der Waals surface area contributed by atoms with Crippen LogP contribution in [-0.2, 0) is 6.42 Å². The minimum atomic E-state index is -0.271. The van der Waals surface area contributed by atoms with Crippen molar-refractivity contribution in [3.63, 3.8) is 0 Å². The summed E-state index contributed by atoms with van der Waals surface area (Å²) in [7, 11) is 1.59. The van der Waals surface area contributed by atoms with Crippen LogP contribution in [0.1, 0.15) is 21.6 Å². The lowest BCUT2D eigenvalue weighted by Gasteiger charge is -2.04. The average molecular weight is 329 g/mol. The first-order valence-electron chi connectivity index (χ1n) is 7.03. The standard InChI is InChI=1S/C15H15N5O2S/c1-3-12-16-8-11(23-12)14(21)18-15-17-13(19-20-15)9-6-4-5-7-10(9)22-2/h4-8H,3H2,1-2H3,(H2,17,18,19,20,21). The van der Waals surface area contributed by atoms with Gasteiger partial charge in [-0.05, 0) is 18.6 Å². The number of carbonyl (C=O) groups excluding carboxylic acids is 1. The predicted molar refractivity (Wildman–Crippen MR) is 87.8 cm³/mol. The summed E-state index contributed by atoms with van der Waals surface area (Å²) in [6, 6.07) is 7.44. The van der Waals surface area contributed by atoms with Crippen molar-refractivity contribution in [2.24, 2.45) is 0 Å². The SMILES string of the molecule is CCc1ncc(C(=O)Nc2n[nH]c(-c3ccccc3OC)n2)s1. The number of thiazole rings is 1. The van der Waals surface area contributed by atoms with E-state index in [4.69, 9.17) is 4.74 Å². The van der Waals surface area contributed by atoms with Gasteiger partial charge < -0.3 is 4.74 Å². The largest absolute Gasteiger partial charge is 0.496 e. The summed E-state index contributed by atoms with van der Waals surface area (Å²) in [4.78, 5) is 21.1. The fraction of sp³-hybridized carbons (Fsp3) is 0.200. The number of methoxy groups -OCH3 is 1. The molecule has 2 N–H and O–H groups in total. The Labute approximate surface area is 136 Å². The van der Waals surface area contributed by atoms with Gasteiger partial charge in [0.05, 0.1) is 23.9 Å². The van der Waals surface area contributed by atoms with Gasteiger partial charge in [-0.15, -0.1) is 16.4 Å². The topological polar surface area (TPSA) is 92.8 Å². The molecule has 3 rings (SSSR count). The van der Waals surface area contributed by atoms with Crippen molar-refractivity contribution in [2.75, 3.05) is 12.4 Å². The minimum Gasteiger partial charge on any atom is -0.496 e. The summed E-state index contributed by atoms with van der Waals surface area (Å²) in [5.41, 5.74) is 0.772. The van der Waals surface area contributed by atoms with Crippen LogP contribution in [0.2, 0.25) is 0 Å². The molecule has 0 unspecified atom stereocenters. The molecule has 8 heteroatoms. The maximum absolute atomic E-state index is 12.2. The maximum atomic E-state index is 12.2. The molecule has 1 aromatic carbocycles. The van der Waals surface area contributed by atoms with Gasteiger partial charge in [-0.3, -0.25) is 15.2 Å². The second-order valence-electron chi connectivity index (χ2n) is 4.63. The van der Waals surface area contributed by atoms with Crippen molar-refractivity contribution in [2.45, 2.75) is 13.3 Å². The first kappa shape index (κ1) is 15.2. The third kappa shape index (κ3) is 3.21. The maximum Gasteiger partial charge on any atom is 0.269 e. The number of carbonyl (C=O) groups is 1. The number of ether oxygens (including phenoxy) is 1. The molecular weight excluding hydrogens is 314 g/mol. The molecule has 0 atom stereocenters. The number of aryl methyl sites for hydroxylation is 1. The Balaban J connectivity index is 1.78. The van der Waals surface area contributed by atoms with Gasteiger partial charge in [0.25, 0.3) is 5.91 Å². The number of anilines is 1. The zero-order valence-corrected chi connectivity index (χ0v) is 13.5. The Morgan fingerprint density at radius 1 is 1.39 bits per heavy atom. The van der Waals surface area contributed by atoms with Crippen molar-refractivity contribution in [1.82, 2.24) is 20.2 Å². The van der Waals surface area contributed by atoms with Gasteiger partial charge in [0.1, 0.15) is 10.6 Å². The van der Waals surface area contributed by atoms with Crippen LogP contribution in [0.4, 0.5) is 5.95 Å². The van der Waals surface area contributed by atoms with Gasteiger partial charge in [0.15, 0.2) is 5.82 Å². The van der Waals surface area contributed by atoms with Crippen molar-refractivity contribution < 1.29 is 9.53 Å². The van der Waals surface area contributed by atoms with Crippen LogP contribution in [0.3, 0.4) is 0 Å². The van der Waals surface area contributed by atoms with Crippen LogP contribution < -0.4 is 10.1 Å². The summed E-state index contributed by atoms with van der Waals surface area (Å²) in [6.45, 7) is 2.00. The average Bonchev–Trinajstić information content (AvgIpc) is 3.24. The van der Waals surface area contributed by atoms with E-state index in [1.165, 1.54) is 11.3 Å². The molecular formula is C15H15N5O2S. The Bertz CT molecular complexity index is 827. The van der Waals surface area contributed by atoms with Crippen molar-refractivity contribution in [1.29, 1.82) is 0 Å². The summed E-state index contributed by atoms with van der Waals surface area (Å²) in [5, 5.41) is 10.4. The molecule has 0 aliphatic rings. The molecule has 0 spiro atoms. The molecule has 2 heterocycles. The summed E-state index contributed by atoms with van der Waals surface area (Å²) < 4.78 is 5.29. The van der Waals surface area contributed by atoms with E-state index in [2.05, 4.69) is 25.5 Å². The number of hydrogen-bond acceptors (Lipinski definition) is 6. The number of H-pyrrole nitrogens is 1. The lowest BCUT2D eigenvalue weighted by atomic mass is 10.2. The fourth-order valence-electron chi connectivity index (χ4n) is 2.02. The first-order chi connectivity index (χ1) is 11.2. The monoisotopic (exact) mass is 329 g/mol. The number of para-hydroxylation sites is 1. The molecule has 23 heavy (non-hydrogen) atoms. The number of aromatic amines is 1. The Morgan fingerprint density at radius 2 is 2.22 bits per heavy atom. The molecule has 0 aliphatic heterocycles. The van der Waals surface area contributed by atoms with E-state index >= 15 is 0 Å². The van der Waals surface area contributed by atoms with E-state index in [0.29, 0.717) is 16.5 Å². The molecule has 2 aromatic heterocycles. The number of nitrogens with one attached hydrogen (secondary N) is 2. The van der Waals surface area contributed by atoms with Crippen LogP contribution >= 0.6 is 11.3 Å². The van der Waals surface area contributed by atoms with Gasteiger partial charge in [-0.2, -0.15) is 4.98 Å². The molecule has 7 nitrogen and oxygen atoms in total. The predicted octanol–water partition coefficient (Wildman–Crippen LogP) is 2.75. The third-order valence-electron chi connectivity index (χ3n) is 3.15. The van der Waals surface area contributed by atoms with E-state index in [9.17, 15) is 4.79 Å². The summed E-state index contributed by atoms with van der Waals surface area (Å²) in [6.07, 6.45) is 2.36. The minimum absolute atomic E-state index is 0.211. The summed E-state index contributed by atoms with van der Waals surface area (Å²) >= 11 is 1.36. The van der Waals surface area contributed by atoms with Gasteiger partial charge >= 0.3 is 0 Å². The Hall–Kier alpha value is -2.74. The van der Waals surface area contributed by atoms with Gasteiger partial charge in [-0.25, -0.2) is 4.98 Å². The number of rotatable bonds is 5. The molecule has 0 aliphatic carbocycles. The number of hydrogen-bond donors (Lipinski definition) is 2. The number of benzene rings is 1. The highest BCUT2D eigenvalue weighted by Crippen LogP contribution is 2.27. The van der Waals surface area contributed by atoms with Crippen LogP contribution in [0, 0.1) is 0 Å². The highest BCUT2D eigenvalue weighted by atomic mass is 32.1. The fourth-order valence-corrected chi connectivity index (χ4v) is 2.77. The van der Waals surface area contributed by atoms with Crippen molar-refractivity contribution >= 4 is 23.2 Å². The van der Waals surface area contributed by atoms with Crippen molar-refractivity contribution in [3.8, 4) is 17.1 Å². The zero-order valence-electron chi connectivity index (χ0n) is 12.7. The highest BCUT2D eigenvalue weighted by molar-refractivity contribution is 7.13. The molecule has 0 radical (unpaired) electrons. The summed E-state index contributed by atoms with van der Waals surface area (Å²) in [5.74, 6) is 1.14. The third-order valence-corrected chi connectivity index (χ3v) is 4.29. The Kier molecular flexibility index (Phi) is 4.33. The number of amides is 1. The number of aromatic nitrogens is 4. The molecule has 0 saturated carbocycles. The second kappa shape index (κ2) is 6.57. The van der Waals surface area contributed by atoms with Gasteiger partial charge in [0, 0.05) is 0 Å². The normalized spacial score (nSPS) is 10.5. The van der Waals surface area contributed by atoms with Crippen LogP contribution in [0.25, 0.3) is 11.4 Å². The molecule has 0 bridgehead atoms. The van der Waals surface area contributed by atoms with Gasteiger partial charge in [0.2, 0.25) is 5.95 Å². The van der Waals surface area contributed by atoms with E-state index < -0.39 is 0 Å². The molecule has 0 saturated heterocycles. The molecule has 1 amide bonds. The second-order valence-corrected chi connectivity index (χ2v) is 5.75. The molecule has 0 fully saturated rings. The van der Waals surface area contributed by atoms with Gasteiger partial charge in [-0.1, -0.05) is 19.1 Å². The smallest absolute Gasteiger partial charge is 0.269 e. The highest BCUT2D eigenvalue weighted by Gasteiger charge is 2.14. The van der Waals surface area contributed by atoms with E-state index in [-0.39, 0.29) is 11.9 Å². The van der Waals surface area contributed by atoms with Crippen molar-refractivity contribution in [3.05, 3.63) is 40.3 Å². The molecule has 3 aromatic rings. The van der Waals surface area contributed by atoms with E-state index in [1.807, 2.05) is 31.2 Å². The molecule has 118 valence electrons. The van der Waals surface area contributed by atoms with Crippen LogP contribution in [0.15, 0.2) is 30.5 Å². The Morgan fingerprint density at radius 3 is 2.96 bits per heavy atom. The van der Waals surface area contributed by atoms with E-state index in [1.54, 1.807) is 13.3 Å². The zero-order chi connectivity index (χ0) is 16.2. The quantitative estimate of drug-likeness (QED) is 0.751. The van der Waals surface area contributed by atoms with Crippen LogP contribution in [0.5, 0.6) is 5.75 Å². The van der Waals surface area contributed by atoms with Crippen LogP contribution in [-0.4, -0.2) is 33.2 Å². The lowest BCUT2D eigenvalue weighted by Crippen LogP contribution is -2.11. The lowest BCUT2D eigenvalue weighted by molar-refractivity contribution is 0.102. The van der Waals surface area contributed by atoms with E-state index in [0.717, 1.165) is 17.0 Å². The number of nitrogens with zero attached hydrogens (tertiary/aromatic N) is 3. The first-order valence-corrected chi connectivity index (χ1v) is 7.84.